The quantitative estimate of drug-likeness (QED) is 0.829. The molecule has 134 valence electrons. The summed E-state index contributed by atoms with van der Waals surface area (Å²) in [5.41, 5.74) is 2.00. The summed E-state index contributed by atoms with van der Waals surface area (Å²) in [6, 6.07) is 15.2. The second kappa shape index (κ2) is 7.28. The maximum atomic E-state index is 12.7. The fourth-order valence-electron chi connectivity index (χ4n) is 2.86. The van der Waals surface area contributed by atoms with Crippen molar-refractivity contribution in [3.8, 4) is 6.07 Å². The summed E-state index contributed by atoms with van der Waals surface area (Å²) in [7, 11) is -3.54. The number of rotatable bonds is 3. The van der Waals surface area contributed by atoms with E-state index in [-0.39, 0.29) is 23.9 Å². The largest absolute Gasteiger partial charge is 0.336 e. The Balaban J connectivity index is 1.67. The number of hydrogen-bond acceptors (Lipinski definition) is 4. The molecule has 1 aliphatic heterocycles. The minimum Gasteiger partial charge on any atom is -0.336 e. The maximum absolute atomic E-state index is 12.7. The zero-order valence-electron chi connectivity index (χ0n) is 14.4. The van der Waals surface area contributed by atoms with Gasteiger partial charge in [-0.05, 0) is 43.3 Å². The van der Waals surface area contributed by atoms with E-state index < -0.39 is 10.0 Å². The molecule has 1 saturated heterocycles. The number of piperazine rings is 1. The molecule has 0 saturated carbocycles. The monoisotopic (exact) mass is 369 g/mol. The fourth-order valence-corrected chi connectivity index (χ4v) is 4.28. The van der Waals surface area contributed by atoms with Gasteiger partial charge in [-0.3, -0.25) is 4.79 Å². The normalized spacial score (nSPS) is 15.5. The zero-order valence-corrected chi connectivity index (χ0v) is 15.2. The molecule has 7 heteroatoms. The van der Waals surface area contributed by atoms with Gasteiger partial charge in [-0.15, -0.1) is 0 Å². The molecule has 0 bridgehead atoms. The molecular formula is C19H19N3O3S. The number of sulfonamides is 1. The molecule has 0 radical (unpaired) electrons. The molecule has 0 atom stereocenters. The van der Waals surface area contributed by atoms with Crippen molar-refractivity contribution in [2.45, 2.75) is 11.8 Å². The molecule has 26 heavy (non-hydrogen) atoms. The first-order valence-electron chi connectivity index (χ1n) is 8.28. The molecule has 0 unspecified atom stereocenters. The summed E-state index contributed by atoms with van der Waals surface area (Å²) in [5, 5.41) is 8.82. The van der Waals surface area contributed by atoms with Crippen LogP contribution in [0.4, 0.5) is 0 Å². The van der Waals surface area contributed by atoms with Gasteiger partial charge in [-0.2, -0.15) is 9.57 Å². The minimum absolute atomic E-state index is 0.151. The van der Waals surface area contributed by atoms with Crippen LogP contribution < -0.4 is 0 Å². The van der Waals surface area contributed by atoms with Crippen LogP contribution in [0.3, 0.4) is 0 Å². The summed E-state index contributed by atoms with van der Waals surface area (Å²) >= 11 is 0. The van der Waals surface area contributed by atoms with Crippen LogP contribution in [0.5, 0.6) is 0 Å². The number of nitriles is 1. The third-order valence-corrected chi connectivity index (χ3v) is 6.36. The van der Waals surface area contributed by atoms with Gasteiger partial charge in [0.25, 0.3) is 5.91 Å². The Bertz CT molecular complexity index is 937. The van der Waals surface area contributed by atoms with E-state index in [9.17, 15) is 13.2 Å². The molecular weight excluding hydrogens is 350 g/mol. The number of carbonyl (C=O) groups is 1. The average molecular weight is 369 g/mol. The Morgan fingerprint density at radius 1 is 0.962 bits per heavy atom. The van der Waals surface area contributed by atoms with E-state index in [1.54, 1.807) is 53.4 Å². The van der Waals surface area contributed by atoms with Crippen LogP contribution in [0.1, 0.15) is 21.5 Å². The van der Waals surface area contributed by atoms with Gasteiger partial charge in [0, 0.05) is 31.7 Å². The predicted octanol–water partition coefficient (Wildman–Crippen LogP) is 2.01. The maximum Gasteiger partial charge on any atom is 0.253 e. The van der Waals surface area contributed by atoms with Crippen molar-refractivity contribution in [3.05, 3.63) is 65.2 Å². The van der Waals surface area contributed by atoms with Crippen LogP contribution in [0, 0.1) is 18.3 Å². The highest BCUT2D eigenvalue weighted by atomic mass is 32.2. The minimum atomic E-state index is -3.54. The molecule has 3 rings (SSSR count). The topological polar surface area (TPSA) is 81.5 Å². The molecule has 2 aromatic rings. The van der Waals surface area contributed by atoms with Crippen molar-refractivity contribution >= 4 is 15.9 Å². The van der Waals surface area contributed by atoms with Crippen LogP contribution in [0.25, 0.3) is 0 Å². The number of nitrogens with zero attached hydrogens (tertiary/aromatic N) is 3. The van der Waals surface area contributed by atoms with Crippen LogP contribution in [-0.4, -0.2) is 49.7 Å². The molecule has 0 aliphatic carbocycles. The fraction of sp³-hybridized carbons (Fsp3) is 0.263. The number of amides is 1. The Labute approximate surface area is 153 Å². The molecule has 6 nitrogen and oxygen atoms in total. The highest BCUT2D eigenvalue weighted by Crippen LogP contribution is 2.19. The van der Waals surface area contributed by atoms with Gasteiger partial charge in [0.15, 0.2) is 0 Å². The smallest absolute Gasteiger partial charge is 0.253 e. The van der Waals surface area contributed by atoms with Crippen LogP contribution in [-0.2, 0) is 10.0 Å². The summed E-state index contributed by atoms with van der Waals surface area (Å²) in [5.74, 6) is -0.151. The molecule has 1 amide bonds. The van der Waals surface area contributed by atoms with E-state index in [0.717, 1.165) is 5.56 Å². The Morgan fingerprint density at radius 2 is 1.54 bits per heavy atom. The first kappa shape index (κ1) is 18.1. The summed E-state index contributed by atoms with van der Waals surface area (Å²) in [6.45, 7) is 3.11. The van der Waals surface area contributed by atoms with E-state index in [4.69, 9.17) is 5.26 Å². The van der Waals surface area contributed by atoms with Gasteiger partial charge in [-0.1, -0.05) is 17.7 Å². The van der Waals surface area contributed by atoms with Crippen molar-refractivity contribution in [2.24, 2.45) is 0 Å². The van der Waals surface area contributed by atoms with Gasteiger partial charge in [0.1, 0.15) is 0 Å². The predicted molar refractivity (Wildman–Crippen MR) is 97.0 cm³/mol. The van der Waals surface area contributed by atoms with E-state index >= 15 is 0 Å². The van der Waals surface area contributed by atoms with E-state index in [2.05, 4.69) is 0 Å². The lowest BCUT2D eigenvalue weighted by Crippen LogP contribution is -2.50. The number of hydrogen-bond donors (Lipinski definition) is 0. The van der Waals surface area contributed by atoms with Gasteiger partial charge >= 0.3 is 0 Å². The van der Waals surface area contributed by atoms with E-state index in [1.165, 1.54) is 4.31 Å². The van der Waals surface area contributed by atoms with Crippen molar-refractivity contribution in [1.82, 2.24) is 9.21 Å². The lowest BCUT2D eigenvalue weighted by Gasteiger charge is -2.34. The van der Waals surface area contributed by atoms with Crippen molar-refractivity contribution < 1.29 is 13.2 Å². The molecule has 2 aromatic carbocycles. The van der Waals surface area contributed by atoms with Crippen molar-refractivity contribution in [1.29, 1.82) is 5.26 Å². The summed E-state index contributed by atoms with van der Waals surface area (Å²) in [6.07, 6.45) is 0. The Hall–Kier alpha value is -2.69. The van der Waals surface area contributed by atoms with Gasteiger partial charge < -0.3 is 4.90 Å². The van der Waals surface area contributed by atoms with E-state index in [1.807, 2.05) is 13.0 Å². The number of carbonyl (C=O) groups excluding carboxylic acids is 1. The number of aryl methyl sites for hydroxylation is 1. The van der Waals surface area contributed by atoms with Crippen molar-refractivity contribution in [3.63, 3.8) is 0 Å². The summed E-state index contributed by atoms with van der Waals surface area (Å²) in [4.78, 5) is 14.5. The molecule has 1 fully saturated rings. The zero-order chi connectivity index (χ0) is 18.7. The molecule has 1 aliphatic rings. The first-order valence-corrected chi connectivity index (χ1v) is 9.72. The second-order valence-electron chi connectivity index (χ2n) is 6.20. The van der Waals surface area contributed by atoms with Crippen LogP contribution in [0.2, 0.25) is 0 Å². The molecule has 0 N–H and O–H groups in total. The third kappa shape index (κ3) is 3.62. The summed E-state index contributed by atoms with van der Waals surface area (Å²) < 4.78 is 26.8. The lowest BCUT2D eigenvalue weighted by atomic mass is 10.1. The third-order valence-electron chi connectivity index (χ3n) is 4.45. The second-order valence-corrected chi connectivity index (χ2v) is 8.14. The lowest BCUT2D eigenvalue weighted by molar-refractivity contribution is 0.0698. The SMILES string of the molecule is Cc1ccc(S(=O)(=O)N2CCN(C(=O)c3ccc(C#N)cc3)CC2)cc1. The van der Waals surface area contributed by atoms with Crippen molar-refractivity contribution in [2.75, 3.05) is 26.2 Å². The number of benzene rings is 2. The molecule has 1 heterocycles. The Kier molecular flexibility index (Phi) is 5.07. The van der Waals surface area contributed by atoms with Gasteiger partial charge in [0.05, 0.1) is 16.5 Å². The highest BCUT2D eigenvalue weighted by Gasteiger charge is 2.30. The molecule has 0 spiro atoms. The first-order chi connectivity index (χ1) is 12.4. The highest BCUT2D eigenvalue weighted by molar-refractivity contribution is 7.89. The average Bonchev–Trinajstić information content (AvgIpc) is 2.68. The standard InChI is InChI=1S/C19H19N3O3S/c1-15-2-8-18(9-3-15)26(24,25)22-12-10-21(11-13-22)19(23)17-6-4-16(14-20)5-7-17/h2-9H,10-13H2,1H3. The van der Waals surface area contributed by atoms with Gasteiger partial charge in [0.2, 0.25) is 10.0 Å². The van der Waals surface area contributed by atoms with Crippen LogP contribution >= 0.6 is 0 Å². The van der Waals surface area contributed by atoms with Gasteiger partial charge in [-0.25, -0.2) is 8.42 Å². The Morgan fingerprint density at radius 3 is 2.08 bits per heavy atom. The van der Waals surface area contributed by atoms with E-state index in [0.29, 0.717) is 24.2 Å². The molecule has 0 aromatic heterocycles. The van der Waals surface area contributed by atoms with Crippen LogP contribution in [0.15, 0.2) is 53.4 Å².